The highest BCUT2D eigenvalue weighted by molar-refractivity contribution is 6.99. The summed E-state index contributed by atoms with van der Waals surface area (Å²) in [5.41, 5.74) is 4.94. The van der Waals surface area contributed by atoms with E-state index in [1.165, 1.54) is 32.6 Å². The van der Waals surface area contributed by atoms with Crippen molar-refractivity contribution in [2.75, 3.05) is 39.6 Å². The van der Waals surface area contributed by atoms with Gasteiger partial charge in [0.05, 0.1) is 6.10 Å². The first-order valence-electron chi connectivity index (χ1n) is 19.0. The lowest BCUT2D eigenvalue weighted by Gasteiger charge is -2.45. The molecule has 0 aliphatic heterocycles. The number of rotatable bonds is 22. The molecule has 2 atom stereocenters. The van der Waals surface area contributed by atoms with Crippen LogP contribution < -0.4 is 10.4 Å². The molecule has 0 saturated carbocycles. The quantitative estimate of drug-likeness (QED) is 0.0636. The van der Waals surface area contributed by atoms with Gasteiger partial charge < -0.3 is 24.1 Å². The lowest BCUT2D eigenvalue weighted by Crippen LogP contribution is -2.67. The van der Waals surface area contributed by atoms with Crippen LogP contribution in [0.5, 0.6) is 0 Å². The Kier molecular flexibility index (Phi) is 16.6. The highest BCUT2D eigenvalue weighted by atomic mass is 28.4. The van der Waals surface area contributed by atoms with Crippen LogP contribution in [0, 0.1) is 0 Å². The van der Waals surface area contributed by atoms with Crippen molar-refractivity contribution < 1.29 is 24.1 Å². The Morgan fingerprint density at radius 2 is 0.941 bits per heavy atom. The van der Waals surface area contributed by atoms with Gasteiger partial charge in [-0.25, -0.2) is 0 Å². The van der Waals surface area contributed by atoms with Crippen molar-refractivity contribution in [3.63, 3.8) is 0 Å². The van der Waals surface area contributed by atoms with Crippen molar-refractivity contribution >= 4 is 18.7 Å². The van der Waals surface area contributed by atoms with E-state index in [1.54, 1.807) is 0 Å². The summed E-state index contributed by atoms with van der Waals surface area (Å²) in [5.74, 6) is 0.328. The maximum absolute atomic E-state index is 9.45. The molecule has 0 aliphatic carbocycles. The van der Waals surface area contributed by atoms with Gasteiger partial charge in [-0.1, -0.05) is 144 Å². The molecule has 4 aromatic carbocycles. The number of benzene rings is 4. The van der Waals surface area contributed by atoms with Gasteiger partial charge in [0.1, 0.15) is 0 Å². The Labute approximate surface area is 309 Å². The SMILES string of the molecule is CC(CO)c1ccc(CCCOCCC(CCOCCCc2ccc(C(C)CO)cc2)O[Si](c2ccccc2)(c2ccccc2)C(C)(C)C)cc1. The zero-order valence-electron chi connectivity index (χ0n) is 31.7. The van der Waals surface area contributed by atoms with E-state index in [0.29, 0.717) is 26.4 Å². The van der Waals surface area contributed by atoms with Crippen LogP contribution in [0.4, 0.5) is 0 Å². The Balaban J connectivity index is 1.38. The molecule has 0 fully saturated rings. The van der Waals surface area contributed by atoms with Crippen LogP contribution in [0.25, 0.3) is 0 Å². The highest BCUT2D eigenvalue weighted by Crippen LogP contribution is 2.38. The van der Waals surface area contributed by atoms with Crippen LogP contribution in [0.15, 0.2) is 109 Å². The van der Waals surface area contributed by atoms with Crippen molar-refractivity contribution in [1.82, 2.24) is 0 Å². The second-order valence-electron chi connectivity index (χ2n) is 15.1. The molecule has 0 aliphatic rings. The highest BCUT2D eigenvalue weighted by Gasteiger charge is 2.51. The van der Waals surface area contributed by atoms with E-state index in [9.17, 15) is 10.2 Å². The fourth-order valence-electron chi connectivity index (χ4n) is 6.83. The monoisotopic (exact) mass is 710 g/mol. The fraction of sp³-hybridized carbons (Fsp3) is 0.467. The van der Waals surface area contributed by atoms with E-state index in [-0.39, 0.29) is 36.2 Å². The van der Waals surface area contributed by atoms with Crippen molar-refractivity contribution in [1.29, 1.82) is 0 Å². The number of hydrogen-bond donors (Lipinski definition) is 2. The van der Waals surface area contributed by atoms with Crippen LogP contribution in [-0.4, -0.2) is 64.3 Å². The van der Waals surface area contributed by atoms with E-state index >= 15 is 0 Å². The molecule has 276 valence electrons. The molecule has 4 aromatic rings. The van der Waals surface area contributed by atoms with Gasteiger partial charge >= 0.3 is 0 Å². The molecule has 0 heterocycles. The number of ether oxygens (including phenoxy) is 2. The Bertz CT molecular complexity index is 1400. The average Bonchev–Trinajstić information content (AvgIpc) is 3.16. The third-order valence-corrected chi connectivity index (χ3v) is 15.2. The normalized spacial score (nSPS) is 13.9. The predicted octanol–water partition coefficient (Wildman–Crippen LogP) is 8.20. The third kappa shape index (κ3) is 12.0. The van der Waals surface area contributed by atoms with Gasteiger partial charge in [-0.05, 0) is 76.2 Å². The average molecular weight is 711 g/mol. The van der Waals surface area contributed by atoms with E-state index < -0.39 is 8.32 Å². The van der Waals surface area contributed by atoms with E-state index in [1.807, 2.05) is 13.8 Å². The lowest BCUT2D eigenvalue weighted by atomic mass is 9.99. The van der Waals surface area contributed by atoms with Crippen molar-refractivity contribution in [3.8, 4) is 0 Å². The molecule has 0 aromatic heterocycles. The predicted molar refractivity (Wildman–Crippen MR) is 214 cm³/mol. The minimum atomic E-state index is -2.73. The standard InChI is InChI=1S/C45H62O5Si/c1-36(34-46)40-24-20-38(21-25-40)14-12-30-48-32-28-42(29-33-49-31-13-15-39-22-26-41(27-23-39)37(2)35-47)50-51(45(3,4)5,43-16-8-6-9-17-43)44-18-10-7-11-19-44/h6-11,16-27,36-37,42,46-47H,12-15,28-35H2,1-5H3. The van der Waals surface area contributed by atoms with Gasteiger partial charge in [0.15, 0.2) is 0 Å². The number of aliphatic hydroxyl groups is 2. The zero-order chi connectivity index (χ0) is 36.5. The van der Waals surface area contributed by atoms with Crippen LogP contribution >= 0.6 is 0 Å². The Morgan fingerprint density at radius 1 is 0.549 bits per heavy atom. The van der Waals surface area contributed by atoms with Crippen molar-refractivity contribution in [2.45, 2.75) is 96.1 Å². The molecule has 0 amide bonds. The van der Waals surface area contributed by atoms with Gasteiger partial charge in [0.2, 0.25) is 0 Å². The van der Waals surface area contributed by atoms with Gasteiger partial charge in [0.25, 0.3) is 8.32 Å². The van der Waals surface area contributed by atoms with Crippen LogP contribution in [0.2, 0.25) is 5.04 Å². The topological polar surface area (TPSA) is 68.2 Å². The van der Waals surface area contributed by atoms with Crippen LogP contribution in [0.1, 0.15) is 94.4 Å². The molecule has 0 spiro atoms. The van der Waals surface area contributed by atoms with Gasteiger partial charge in [0, 0.05) is 51.5 Å². The fourth-order valence-corrected chi connectivity index (χ4v) is 11.6. The summed E-state index contributed by atoms with van der Waals surface area (Å²) in [5, 5.41) is 21.4. The number of aryl methyl sites for hydroxylation is 2. The number of hydrogen-bond acceptors (Lipinski definition) is 5. The van der Waals surface area contributed by atoms with Gasteiger partial charge in [-0.15, -0.1) is 0 Å². The first-order valence-corrected chi connectivity index (χ1v) is 20.9. The summed E-state index contributed by atoms with van der Waals surface area (Å²) in [6, 6.07) is 38.9. The maximum Gasteiger partial charge on any atom is 0.261 e. The molecule has 6 heteroatoms. The van der Waals surface area contributed by atoms with E-state index in [0.717, 1.165) is 38.5 Å². The first-order chi connectivity index (χ1) is 24.7. The van der Waals surface area contributed by atoms with E-state index in [2.05, 4.69) is 130 Å². The minimum absolute atomic E-state index is 0.0154. The minimum Gasteiger partial charge on any atom is -0.404 e. The molecule has 4 rings (SSSR count). The number of aliphatic hydroxyl groups excluding tert-OH is 2. The summed E-state index contributed by atoms with van der Waals surface area (Å²) < 4.78 is 20.0. The molecular formula is C45H62O5Si. The lowest BCUT2D eigenvalue weighted by molar-refractivity contribution is 0.0566. The summed E-state index contributed by atoms with van der Waals surface area (Å²) in [7, 11) is -2.73. The molecule has 0 bridgehead atoms. The molecule has 51 heavy (non-hydrogen) atoms. The molecule has 2 N–H and O–H groups in total. The van der Waals surface area contributed by atoms with Crippen LogP contribution in [-0.2, 0) is 26.7 Å². The smallest absolute Gasteiger partial charge is 0.261 e. The van der Waals surface area contributed by atoms with Crippen molar-refractivity contribution in [3.05, 3.63) is 131 Å². The Morgan fingerprint density at radius 3 is 1.29 bits per heavy atom. The largest absolute Gasteiger partial charge is 0.404 e. The second kappa shape index (κ2) is 20.8. The van der Waals surface area contributed by atoms with Crippen molar-refractivity contribution in [2.24, 2.45) is 0 Å². The summed E-state index contributed by atoms with van der Waals surface area (Å²) in [4.78, 5) is 0. The van der Waals surface area contributed by atoms with Gasteiger partial charge in [-0.2, -0.15) is 0 Å². The summed E-state index contributed by atoms with van der Waals surface area (Å²) in [6.07, 6.45) is 5.45. The molecule has 0 radical (unpaired) electrons. The summed E-state index contributed by atoms with van der Waals surface area (Å²) >= 11 is 0. The zero-order valence-corrected chi connectivity index (χ0v) is 32.7. The third-order valence-electron chi connectivity index (χ3n) is 10.1. The van der Waals surface area contributed by atoms with Gasteiger partial charge in [-0.3, -0.25) is 0 Å². The molecule has 0 saturated heterocycles. The molecule has 5 nitrogen and oxygen atoms in total. The first kappa shape index (κ1) is 40.7. The molecule has 2 unspecified atom stereocenters. The maximum atomic E-state index is 9.45. The Hall–Kier alpha value is -3.10. The second-order valence-corrected chi connectivity index (χ2v) is 19.3. The molecular weight excluding hydrogens is 649 g/mol. The van der Waals surface area contributed by atoms with E-state index in [4.69, 9.17) is 13.9 Å². The summed E-state index contributed by atoms with van der Waals surface area (Å²) in [6.45, 7) is 14.1. The van der Waals surface area contributed by atoms with Crippen LogP contribution in [0.3, 0.4) is 0 Å².